The highest BCUT2D eigenvalue weighted by Crippen LogP contribution is 2.10. The third-order valence-corrected chi connectivity index (χ3v) is 3.81. The van der Waals surface area contributed by atoms with Crippen LogP contribution in [0.25, 0.3) is 5.65 Å². The van der Waals surface area contributed by atoms with Crippen LogP contribution in [-0.2, 0) is 6.42 Å². The molecule has 0 aromatic carbocycles. The Kier molecular flexibility index (Phi) is 3.40. The summed E-state index contributed by atoms with van der Waals surface area (Å²) in [6.45, 7) is 5.75. The molecule has 102 valence electrons. The number of rotatable bonds is 3. The molecule has 2 aromatic rings. The Morgan fingerprint density at radius 3 is 2.84 bits per heavy atom. The highest BCUT2D eigenvalue weighted by atomic mass is 15.2. The molecular formula is C14H21N5. The van der Waals surface area contributed by atoms with E-state index in [1.807, 2.05) is 22.7 Å². The van der Waals surface area contributed by atoms with E-state index in [0.29, 0.717) is 0 Å². The highest BCUT2D eigenvalue weighted by molar-refractivity contribution is 5.52. The van der Waals surface area contributed by atoms with Crippen molar-refractivity contribution in [2.75, 3.05) is 45.5 Å². The second-order valence-corrected chi connectivity index (χ2v) is 5.35. The zero-order valence-electron chi connectivity index (χ0n) is 11.4. The summed E-state index contributed by atoms with van der Waals surface area (Å²) >= 11 is 0. The van der Waals surface area contributed by atoms with Gasteiger partial charge in [-0.2, -0.15) is 0 Å². The molecule has 1 saturated heterocycles. The zero-order chi connectivity index (χ0) is 13.2. The summed E-state index contributed by atoms with van der Waals surface area (Å²) in [5, 5.41) is 0. The Hall–Kier alpha value is -1.59. The van der Waals surface area contributed by atoms with Crippen molar-refractivity contribution in [1.82, 2.24) is 19.2 Å². The van der Waals surface area contributed by atoms with Crippen LogP contribution in [0, 0.1) is 0 Å². The molecule has 0 radical (unpaired) electrons. The molecule has 5 nitrogen and oxygen atoms in total. The Balaban J connectivity index is 1.62. The van der Waals surface area contributed by atoms with Gasteiger partial charge in [-0.25, -0.2) is 4.98 Å². The average molecular weight is 259 g/mol. The van der Waals surface area contributed by atoms with Gasteiger partial charge in [0.1, 0.15) is 5.65 Å². The van der Waals surface area contributed by atoms with E-state index in [-0.39, 0.29) is 0 Å². The number of hydrogen-bond donors (Lipinski definition) is 1. The van der Waals surface area contributed by atoms with Gasteiger partial charge in [0.05, 0.1) is 5.69 Å². The van der Waals surface area contributed by atoms with E-state index in [1.165, 1.54) is 13.1 Å². The number of pyridine rings is 1. The Morgan fingerprint density at radius 1 is 1.26 bits per heavy atom. The minimum absolute atomic E-state index is 0.767. The predicted octanol–water partition coefficient (Wildman–Crippen LogP) is 0.706. The van der Waals surface area contributed by atoms with Crippen LogP contribution in [0.15, 0.2) is 24.5 Å². The van der Waals surface area contributed by atoms with Gasteiger partial charge in [0, 0.05) is 63.3 Å². The molecule has 2 N–H and O–H groups in total. The third-order valence-electron chi connectivity index (χ3n) is 3.81. The Bertz CT molecular complexity index is 554. The SMILES string of the molecule is CN1CCN(CCc2cn3ccc(N)cc3n2)CC1. The van der Waals surface area contributed by atoms with Gasteiger partial charge in [0.25, 0.3) is 0 Å². The van der Waals surface area contributed by atoms with E-state index in [0.717, 1.165) is 43.1 Å². The molecule has 0 atom stereocenters. The van der Waals surface area contributed by atoms with Gasteiger partial charge < -0.3 is 19.9 Å². The van der Waals surface area contributed by atoms with Crippen LogP contribution >= 0.6 is 0 Å². The van der Waals surface area contributed by atoms with Gasteiger partial charge in [0.15, 0.2) is 0 Å². The average Bonchev–Trinajstić information content (AvgIpc) is 2.80. The van der Waals surface area contributed by atoms with Gasteiger partial charge in [-0.3, -0.25) is 0 Å². The Labute approximate surface area is 113 Å². The number of likely N-dealkylation sites (N-methyl/N-ethyl adjacent to an activating group) is 1. The molecule has 2 aromatic heterocycles. The summed E-state index contributed by atoms with van der Waals surface area (Å²) in [6, 6.07) is 3.82. The first-order chi connectivity index (χ1) is 9.20. The van der Waals surface area contributed by atoms with Gasteiger partial charge >= 0.3 is 0 Å². The van der Waals surface area contributed by atoms with E-state index in [9.17, 15) is 0 Å². The number of imidazole rings is 1. The normalized spacial score (nSPS) is 18.2. The molecule has 5 heteroatoms. The van der Waals surface area contributed by atoms with Gasteiger partial charge in [-0.05, 0) is 13.1 Å². The minimum Gasteiger partial charge on any atom is -0.399 e. The van der Waals surface area contributed by atoms with Crippen LogP contribution in [0.4, 0.5) is 5.69 Å². The quantitative estimate of drug-likeness (QED) is 0.882. The maximum Gasteiger partial charge on any atom is 0.139 e. The molecule has 0 saturated carbocycles. The molecule has 3 rings (SSSR count). The maximum absolute atomic E-state index is 5.77. The molecule has 0 amide bonds. The second kappa shape index (κ2) is 5.19. The molecule has 19 heavy (non-hydrogen) atoms. The monoisotopic (exact) mass is 259 g/mol. The summed E-state index contributed by atoms with van der Waals surface area (Å²) in [5.41, 5.74) is 8.62. The van der Waals surface area contributed by atoms with Crippen LogP contribution in [-0.4, -0.2) is 59.0 Å². The summed E-state index contributed by atoms with van der Waals surface area (Å²) in [7, 11) is 2.18. The molecule has 0 spiro atoms. The first kappa shape index (κ1) is 12.4. The lowest BCUT2D eigenvalue weighted by Gasteiger charge is -2.32. The van der Waals surface area contributed by atoms with Crippen LogP contribution < -0.4 is 5.73 Å². The lowest BCUT2D eigenvalue weighted by atomic mass is 10.2. The standard InChI is InChI=1S/C14H21N5/c1-17-6-8-18(9-7-17)4-3-13-11-19-5-2-12(15)10-14(19)16-13/h2,5,10-11H,3-4,6-9,15H2,1H3. The second-order valence-electron chi connectivity index (χ2n) is 5.35. The topological polar surface area (TPSA) is 49.8 Å². The van der Waals surface area contributed by atoms with Crippen molar-refractivity contribution in [2.24, 2.45) is 0 Å². The van der Waals surface area contributed by atoms with E-state index in [2.05, 4.69) is 28.0 Å². The smallest absolute Gasteiger partial charge is 0.139 e. The molecule has 1 fully saturated rings. The third kappa shape index (κ3) is 2.88. The number of piperazine rings is 1. The number of hydrogen-bond acceptors (Lipinski definition) is 4. The van der Waals surface area contributed by atoms with Crippen molar-refractivity contribution in [3.8, 4) is 0 Å². The van der Waals surface area contributed by atoms with Crippen LogP contribution in [0.3, 0.4) is 0 Å². The van der Waals surface area contributed by atoms with Crippen molar-refractivity contribution in [3.63, 3.8) is 0 Å². The molecular weight excluding hydrogens is 238 g/mol. The fraction of sp³-hybridized carbons (Fsp3) is 0.500. The first-order valence-corrected chi connectivity index (χ1v) is 6.85. The van der Waals surface area contributed by atoms with E-state index in [4.69, 9.17) is 5.73 Å². The molecule has 0 aliphatic carbocycles. The zero-order valence-corrected chi connectivity index (χ0v) is 11.4. The Morgan fingerprint density at radius 2 is 2.05 bits per heavy atom. The highest BCUT2D eigenvalue weighted by Gasteiger charge is 2.13. The molecule has 0 unspecified atom stereocenters. The molecule has 1 aliphatic rings. The van der Waals surface area contributed by atoms with Crippen molar-refractivity contribution in [3.05, 3.63) is 30.2 Å². The van der Waals surface area contributed by atoms with Crippen molar-refractivity contribution >= 4 is 11.3 Å². The van der Waals surface area contributed by atoms with Crippen LogP contribution in [0.2, 0.25) is 0 Å². The van der Waals surface area contributed by atoms with E-state index < -0.39 is 0 Å². The largest absolute Gasteiger partial charge is 0.399 e. The lowest BCUT2D eigenvalue weighted by Crippen LogP contribution is -2.45. The van der Waals surface area contributed by atoms with Gasteiger partial charge in [-0.15, -0.1) is 0 Å². The summed E-state index contributed by atoms with van der Waals surface area (Å²) in [5.74, 6) is 0. The molecule has 1 aliphatic heterocycles. The van der Waals surface area contributed by atoms with Crippen LogP contribution in [0.5, 0.6) is 0 Å². The maximum atomic E-state index is 5.77. The molecule has 0 bridgehead atoms. The lowest BCUT2D eigenvalue weighted by molar-refractivity contribution is 0.155. The molecule has 3 heterocycles. The minimum atomic E-state index is 0.767. The van der Waals surface area contributed by atoms with Crippen molar-refractivity contribution in [1.29, 1.82) is 0 Å². The fourth-order valence-electron chi connectivity index (χ4n) is 2.51. The van der Waals surface area contributed by atoms with E-state index >= 15 is 0 Å². The number of nitrogens with two attached hydrogens (primary N) is 1. The summed E-state index contributed by atoms with van der Waals surface area (Å²) in [6.07, 6.45) is 5.08. The summed E-state index contributed by atoms with van der Waals surface area (Å²) in [4.78, 5) is 9.51. The van der Waals surface area contributed by atoms with Gasteiger partial charge in [-0.1, -0.05) is 0 Å². The fourth-order valence-corrected chi connectivity index (χ4v) is 2.51. The van der Waals surface area contributed by atoms with Gasteiger partial charge in [0.2, 0.25) is 0 Å². The predicted molar refractivity (Wildman–Crippen MR) is 77.2 cm³/mol. The van der Waals surface area contributed by atoms with Crippen molar-refractivity contribution < 1.29 is 0 Å². The summed E-state index contributed by atoms with van der Waals surface area (Å²) < 4.78 is 2.04. The number of anilines is 1. The number of nitrogens with zero attached hydrogens (tertiary/aromatic N) is 4. The van der Waals surface area contributed by atoms with Crippen LogP contribution in [0.1, 0.15) is 5.69 Å². The number of aromatic nitrogens is 2. The number of nitrogen functional groups attached to an aromatic ring is 1. The van der Waals surface area contributed by atoms with Crippen molar-refractivity contribution in [2.45, 2.75) is 6.42 Å². The number of fused-ring (bicyclic) bond motifs is 1. The van der Waals surface area contributed by atoms with E-state index in [1.54, 1.807) is 0 Å². The first-order valence-electron chi connectivity index (χ1n) is 6.85.